The third-order valence-corrected chi connectivity index (χ3v) is 5.72. The van der Waals surface area contributed by atoms with Gasteiger partial charge in [0.1, 0.15) is 5.75 Å². The van der Waals surface area contributed by atoms with E-state index in [1.54, 1.807) is 13.3 Å². The van der Waals surface area contributed by atoms with Gasteiger partial charge in [0.15, 0.2) is 0 Å². The van der Waals surface area contributed by atoms with Gasteiger partial charge in [-0.3, -0.25) is 9.78 Å². The summed E-state index contributed by atoms with van der Waals surface area (Å²) in [7, 11) is 1.64. The molecule has 6 heteroatoms. The van der Waals surface area contributed by atoms with Gasteiger partial charge in [-0.15, -0.1) is 0 Å². The van der Waals surface area contributed by atoms with Crippen LogP contribution in [-0.4, -0.2) is 41.0 Å². The maximum Gasteiger partial charge on any atom is 0.227 e. The number of carbonyl (C=O) groups excluding carboxylic acids is 1. The zero-order chi connectivity index (χ0) is 20.9. The molecule has 2 heterocycles. The van der Waals surface area contributed by atoms with Crippen molar-refractivity contribution < 1.29 is 9.53 Å². The van der Waals surface area contributed by atoms with Crippen LogP contribution in [0, 0.1) is 0 Å². The largest absolute Gasteiger partial charge is 0.497 e. The van der Waals surface area contributed by atoms with Gasteiger partial charge >= 0.3 is 0 Å². The summed E-state index contributed by atoms with van der Waals surface area (Å²) in [6.45, 7) is 1.45. The number of ether oxygens (including phenoxy) is 1. The molecule has 1 atom stereocenters. The monoisotopic (exact) mass is 421 g/mol. The first kappa shape index (κ1) is 20.4. The summed E-state index contributed by atoms with van der Waals surface area (Å²) in [6.07, 6.45) is 5.92. The standard InChI is InChI=1S/C24H24ClN3O2/c1-30-21-9-7-17(8-10-21)12-24(29)28-11-3-5-19(16-28)23-15-26-14-22(27-23)18-4-2-6-20(25)13-18/h2,4,6-10,13-15,19H,3,5,11-12,16H2,1H3. The van der Waals surface area contributed by atoms with E-state index < -0.39 is 0 Å². The molecule has 0 saturated carbocycles. The van der Waals surface area contributed by atoms with E-state index in [1.165, 1.54) is 0 Å². The number of nitrogens with zero attached hydrogens (tertiary/aromatic N) is 3. The van der Waals surface area contributed by atoms with Crippen LogP contribution >= 0.6 is 11.6 Å². The van der Waals surface area contributed by atoms with Crippen LogP contribution in [0.2, 0.25) is 5.02 Å². The summed E-state index contributed by atoms with van der Waals surface area (Å²) in [5, 5.41) is 0.674. The van der Waals surface area contributed by atoms with E-state index in [9.17, 15) is 4.79 Å². The van der Waals surface area contributed by atoms with E-state index in [-0.39, 0.29) is 11.8 Å². The maximum absolute atomic E-state index is 12.9. The fourth-order valence-electron chi connectivity index (χ4n) is 3.84. The van der Waals surface area contributed by atoms with E-state index >= 15 is 0 Å². The fraction of sp³-hybridized carbons (Fsp3) is 0.292. The van der Waals surface area contributed by atoms with E-state index in [0.29, 0.717) is 18.0 Å². The SMILES string of the molecule is COc1ccc(CC(=O)N2CCCC(c3cncc(-c4cccc(Cl)c4)n3)C2)cc1. The number of hydrogen-bond acceptors (Lipinski definition) is 4. The number of methoxy groups -OCH3 is 1. The molecule has 0 aliphatic carbocycles. The molecule has 0 N–H and O–H groups in total. The van der Waals surface area contributed by atoms with Gasteiger partial charge in [-0.05, 0) is 42.7 Å². The minimum absolute atomic E-state index is 0.142. The molecule has 0 bridgehead atoms. The van der Waals surface area contributed by atoms with Crippen molar-refractivity contribution in [3.8, 4) is 17.0 Å². The summed E-state index contributed by atoms with van der Waals surface area (Å²) in [6, 6.07) is 15.3. The highest BCUT2D eigenvalue weighted by atomic mass is 35.5. The smallest absolute Gasteiger partial charge is 0.227 e. The molecule has 1 saturated heterocycles. The molecular weight excluding hydrogens is 398 g/mol. The van der Waals surface area contributed by atoms with Gasteiger partial charge in [-0.1, -0.05) is 35.9 Å². The predicted molar refractivity (Wildman–Crippen MR) is 118 cm³/mol. The number of benzene rings is 2. The Balaban J connectivity index is 1.45. The van der Waals surface area contributed by atoms with Crippen LogP contribution in [-0.2, 0) is 11.2 Å². The van der Waals surface area contributed by atoms with Gasteiger partial charge in [0.05, 0.1) is 31.1 Å². The maximum atomic E-state index is 12.9. The summed E-state index contributed by atoms with van der Waals surface area (Å²) in [4.78, 5) is 24.0. The molecule has 0 radical (unpaired) electrons. The Morgan fingerprint density at radius 3 is 2.80 bits per heavy atom. The Morgan fingerprint density at radius 1 is 1.20 bits per heavy atom. The lowest BCUT2D eigenvalue weighted by atomic mass is 9.94. The molecule has 1 aromatic heterocycles. The molecule has 1 aliphatic heterocycles. The number of piperidine rings is 1. The lowest BCUT2D eigenvalue weighted by Gasteiger charge is -2.32. The predicted octanol–water partition coefficient (Wildman–Crippen LogP) is 4.75. The Labute approximate surface area is 181 Å². The zero-order valence-electron chi connectivity index (χ0n) is 16.9. The van der Waals surface area contributed by atoms with Crippen molar-refractivity contribution >= 4 is 17.5 Å². The van der Waals surface area contributed by atoms with Crippen LogP contribution in [0.4, 0.5) is 0 Å². The molecular formula is C24H24ClN3O2. The minimum atomic E-state index is 0.142. The zero-order valence-corrected chi connectivity index (χ0v) is 17.7. The van der Waals surface area contributed by atoms with Crippen LogP contribution < -0.4 is 4.74 Å². The number of amides is 1. The van der Waals surface area contributed by atoms with Gasteiger partial charge in [0.25, 0.3) is 0 Å². The second kappa shape index (κ2) is 9.26. The molecule has 2 aromatic carbocycles. The highest BCUT2D eigenvalue weighted by Crippen LogP contribution is 2.28. The van der Waals surface area contributed by atoms with Crippen molar-refractivity contribution in [1.82, 2.24) is 14.9 Å². The molecule has 1 aliphatic rings. The lowest BCUT2D eigenvalue weighted by Crippen LogP contribution is -2.40. The van der Waals surface area contributed by atoms with Gasteiger partial charge in [0.2, 0.25) is 5.91 Å². The van der Waals surface area contributed by atoms with Gasteiger partial charge in [0, 0.05) is 35.8 Å². The van der Waals surface area contributed by atoms with Gasteiger partial charge in [-0.2, -0.15) is 0 Å². The highest BCUT2D eigenvalue weighted by molar-refractivity contribution is 6.30. The summed E-state index contributed by atoms with van der Waals surface area (Å²) in [5.74, 6) is 1.12. The number of halogens is 1. The number of carbonyl (C=O) groups is 1. The normalized spacial score (nSPS) is 16.3. The Bertz CT molecular complexity index is 1020. The molecule has 1 unspecified atom stereocenters. The number of hydrogen-bond donors (Lipinski definition) is 0. The number of rotatable bonds is 5. The molecule has 1 amide bonds. The van der Waals surface area contributed by atoms with E-state index in [2.05, 4.69) is 4.98 Å². The van der Waals surface area contributed by atoms with Crippen molar-refractivity contribution in [2.45, 2.75) is 25.2 Å². The summed E-state index contributed by atoms with van der Waals surface area (Å²) in [5.41, 5.74) is 3.66. The third kappa shape index (κ3) is 4.79. The first-order chi connectivity index (χ1) is 14.6. The van der Waals surface area contributed by atoms with Crippen molar-refractivity contribution in [2.24, 2.45) is 0 Å². The van der Waals surface area contributed by atoms with Crippen LogP contribution in [0.3, 0.4) is 0 Å². The average Bonchev–Trinajstić information content (AvgIpc) is 2.80. The Kier molecular flexibility index (Phi) is 6.29. The number of likely N-dealkylation sites (tertiary alicyclic amines) is 1. The molecule has 0 spiro atoms. The molecule has 1 fully saturated rings. The highest BCUT2D eigenvalue weighted by Gasteiger charge is 2.26. The molecule has 154 valence electrons. The lowest BCUT2D eigenvalue weighted by molar-refractivity contribution is -0.131. The first-order valence-corrected chi connectivity index (χ1v) is 10.5. The second-order valence-corrected chi connectivity index (χ2v) is 7.98. The quantitative estimate of drug-likeness (QED) is 0.596. The van der Waals surface area contributed by atoms with Gasteiger partial charge < -0.3 is 9.64 Å². The van der Waals surface area contributed by atoms with E-state index in [1.807, 2.05) is 59.6 Å². The minimum Gasteiger partial charge on any atom is -0.497 e. The topological polar surface area (TPSA) is 55.3 Å². The van der Waals surface area contributed by atoms with E-state index in [4.69, 9.17) is 21.3 Å². The Hall–Kier alpha value is -2.92. The van der Waals surface area contributed by atoms with E-state index in [0.717, 1.165) is 47.7 Å². The van der Waals surface area contributed by atoms with Gasteiger partial charge in [-0.25, -0.2) is 4.98 Å². The molecule has 30 heavy (non-hydrogen) atoms. The van der Waals surface area contributed by atoms with Crippen LogP contribution in [0.5, 0.6) is 5.75 Å². The fourth-order valence-corrected chi connectivity index (χ4v) is 4.03. The number of aromatic nitrogens is 2. The van der Waals surface area contributed by atoms with Crippen LogP contribution in [0.15, 0.2) is 60.9 Å². The van der Waals surface area contributed by atoms with Crippen molar-refractivity contribution in [1.29, 1.82) is 0 Å². The Morgan fingerprint density at radius 2 is 2.03 bits per heavy atom. The summed E-state index contributed by atoms with van der Waals surface area (Å²) < 4.78 is 5.19. The summed E-state index contributed by atoms with van der Waals surface area (Å²) >= 11 is 6.12. The second-order valence-electron chi connectivity index (χ2n) is 7.54. The van der Waals surface area contributed by atoms with Crippen molar-refractivity contribution in [2.75, 3.05) is 20.2 Å². The van der Waals surface area contributed by atoms with Crippen molar-refractivity contribution in [3.05, 3.63) is 77.2 Å². The third-order valence-electron chi connectivity index (χ3n) is 5.48. The first-order valence-electron chi connectivity index (χ1n) is 10.1. The molecule has 3 aromatic rings. The van der Waals surface area contributed by atoms with Crippen molar-refractivity contribution in [3.63, 3.8) is 0 Å². The van der Waals surface area contributed by atoms with Crippen LogP contribution in [0.1, 0.15) is 30.0 Å². The van der Waals surface area contributed by atoms with Crippen LogP contribution in [0.25, 0.3) is 11.3 Å². The molecule has 4 rings (SSSR count). The average molecular weight is 422 g/mol. The molecule has 5 nitrogen and oxygen atoms in total.